The predicted octanol–water partition coefficient (Wildman–Crippen LogP) is 2.70. The van der Waals surface area contributed by atoms with E-state index in [1.165, 1.54) is 18.4 Å². The van der Waals surface area contributed by atoms with Crippen molar-refractivity contribution in [1.29, 1.82) is 0 Å². The first-order valence-electron chi connectivity index (χ1n) is 5.79. The summed E-state index contributed by atoms with van der Waals surface area (Å²) in [7, 11) is 0. The molecule has 2 unspecified atom stereocenters. The van der Waals surface area contributed by atoms with E-state index in [4.69, 9.17) is 0 Å². The summed E-state index contributed by atoms with van der Waals surface area (Å²) >= 11 is 3.46. The summed E-state index contributed by atoms with van der Waals surface area (Å²) < 4.78 is 1.06. The van der Waals surface area contributed by atoms with Gasteiger partial charge in [-0.05, 0) is 60.8 Å². The van der Waals surface area contributed by atoms with E-state index >= 15 is 0 Å². The van der Waals surface area contributed by atoms with Crippen LogP contribution in [0.5, 0.6) is 0 Å². The van der Waals surface area contributed by atoms with Crippen LogP contribution in [-0.4, -0.2) is 23.6 Å². The average molecular weight is 284 g/mol. The molecule has 0 radical (unpaired) electrons. The highest BCUT2D eigenvalue weighted by atomic mass is 79.9. The molecule has 1 saturated heterocycles. The number of aromatic nitrogens is 1. The molecule has 1 aromatic heterocycles. The smallest absolute Gasteiger partial charge is 0.126 e. The van der Waals surface area contributed by atoms with Gasteiger partial charge in [0.15, 0.2) is 0 Å². The molecule has 2 heterocycles. The Morgan fingerprint density at radius 3 is 3.06 bits per heavy atom. The molecule has 88 valence electrons. The molecule has 0 bridgehead atoms. The molecule has 3 nitrogen and oxygen atoms in total. The van der Waals surface area contributed by atoms with Crippen LogP contribution in [0.15, 0.2) is 16.7 Å². The van der Waals surface area contributed by atoms with Crippen molar-refractivity contribution in [3.8, 4) is 0 Å². The number of piperidine rings is 1. The van der Waals surface area contributed by atoms with Gasteiger partial charge >= 0.3 is 0 Å². The van der Waals surface area contributed by atoms with Crippen LogP contribution in [0.4, 0.5) is 5.82 Å². The van der Waals surface area contributed by atoms with E-state index in [2.05, 4.69) is 51.5 Å². The third-order valence-corrected chi connectivity index (χ3v) is 3.97. The van der Waals surface area contributed by atoms with Crippen LogP contribution in [0.1, 0.15) is 25.3 Å². The number of rotatable bonds is 2. The zero-order valence-electron chi connectivity index (χ0n) is 9.76. The first-order valence-corrected chi connectivity index (χ1v) is 6.58. The topological polar surface area (TPSA) is 37.0 Å². The van der Waals surface area contributed by atoms with Crippen LogP contribution >= 0.6 is 15.9 Å². The van der Waals surface area contributed by atoms with Crippen molar-refractivity contribution in [3.05, 3.63) is 22.3 Å². The Bertz CT molecular complexity index is 367. The summed E-state index contributed by atoms with van der Waals surface area (Å²) in [6, 6.07) is 3.09. The van der Waals surface area contributed by atoms with Crippen molar-refractivity contribution in [2.45, 2.75) is 38.8 Å². The number of hydrogen-bond acceptors (Lipinski definition) is 3. The van der Waals surface area contributed by atoms with E-state index < -0.39 is 0 Å². The predicted molar refractivity (Wildman–Crippen MR) is 70.8 cm³/mol. The van der Waals surface area contributed by atoms with Crippen LogP contribution in [0.2, 0.25) is 0 Å². The highest BCUT2D eigenvalue weighted by Crippen LogP contribution is 2.19. The monoisotopic (exact) mass is 283 g/mol. The number of aryl methyl sites for hydroxylation is 1. The van der Waals surface area contributed by atoms with Gasteiger partial charge in [-0.25, -0.2) is 4.98 Å². The van der Waals surface area contributed by atoms with Gasteiger partial charge in [-0.1, -0.05) is 0 Å². The quantitative estimate of drug-likeness (QED) is 0.876. The van der Waals surface area contributed by atoms with E-state index in [-0.39, 0.29) is 0 Å². The molecule has 1 fully saturated rings. The lowest BCUT2D eigenvalue weighted by molar-refractivity contribution is 0.389. The lowest BCUT2D eigenvalue weighted by atomic mass is 10.00. The molecule has 2 atom stereocenters. The molecule has 4 heteroatoms. The Labute approximate surface area is 105 Å². The van der Waals surface area contributed by atoms with Gasteiger partial charge in [-0.15, -0.1) is 0 Å². The minimum atomic E-state index is 0.488. The summed E-state index contributed by atoms with van der Waals surface area (Å²) in [5.41, 5.74) is 1.22. The third kappa shape index (κ3) is 2.74. The lowest BCUT2D eigenvalue weighted by Gasteiger charge is -2.31. The van der Waals surface area contributed by atoms with Gasteiger partial charge in [0.1, 0.15) is 5.82 Å². The first kappa shape index (κ1) is 11.9. The number of halogens is 1. The summed E-state index contributed by atoms with van der Waals surface area (Å²) in [5, 5.41) is 6.98. The molecule has 2 rings (SSSR count). The normalized spacial score (nSPS) is 25.4. The zero-order chi connectivity index (χ0) is 11.5. The molecule has 1 aliphatic rings. The Hall–Kier alpha value is -0.610. The number of nitrogens with one attached hydrogen (secondary N) is 2. The van der Waals surface area contributed by atoms with Gasteiger partial charge in [0, 0.05) is 22.8 Å². The largest absolute Gasteiger partial charge is 0.366 e. The fraction of sp³-hybridized carbons (Fsp3) is 0.583. The van der Waals surface area contributed by atoms with Gasteiger partial charge in [-0.3, -0.25) is 0 Å². The van der Waals surface area contributed by atoms with E-state index in [9.17, 15) is 0 Å². The third-order valence-electron chi connectivity index (χ3n) is 3.14. The number of anilines is 1. The molecule has 2 N–H and O–H groups in total. The average Bonchev–Trinajstić information content (AvgIpc) is 2.27. The van der Waals surface area contributed by atoms with Crippen molar-refractivity contribution in [2.24, 2.45) is 0 Å². The van der Waals surface area contributed by atoms with Gasteiger partial charge in [-0.2, -0.15) is 0 Å². The summed E-state index contributed by atoms with van der Waals surface area (Å²) in [6.45, 7) is 5.44. The van der Waals surface area contributed by atoms with Crippen molar-refractivity contribution in [2.75, 3.05) is 11.9 Å². The molecule has 0 amide bonds. The van der Waals surface area contributed by atoms with Crippen molar-refractivity contribution in [1.82, 2.24) is 10.3 Å². The summed E-state index contributed by atoms with van der Waals surface area (Å²) in [4.78, 5) is 4.38. The first-order chi connectivity index (χ1) is 7.66. The Morgan fingerprint density at radius 1 is 1.56 bits per heavy atom. The van der Waals surface area contributed by atoms with E-state index in [1.807, 2.05) is 6.20 Å². The SMILES string of the molecule is Cc1cc(NC2CCCNC2C)ncc1Br. The molecular weight excluding hydrogens is 266 g/mol. The highest BCUT2D eigenvalue weighted by Gasteiger charge is 2.20. The molecule has 0 aliphatic carbocycles. The van der Waals surface area contributed by atoms with Crippen LogP contribution in [0.3, 0.4) is 0 Å². The second-order valence-corrected chi connectivity index (χ2v) is 5.31. The molecule has 0 saturated carbocycles. The highest BCUT2D eigenvalue weighted by molar-refractivity contribution is 9.10. The van der Waals surface area contributed by atoms with Crippen LogP contribution in [0, 0.1) is 6.92 Å². The van der Waals surface area contributed by atoms with Crippen LogP contribution in [0.25, 0.3) is 0 Å². The summed E-state index contributed by atoms with van der Waals surface area (Å²) in [6.07, 6.45) is 4.31. The minimum Gasteiger partial charge on any atom is -0.366 e. The minimum absolute atomic E-state index is 0.488. The molecule has 1 aliphatic heterocycles. The Balaban J connectivity index is 2.05. The van der Waals surface area contributed by atoms with Gasteiger partial charge in [0.05, 0.1) is 0 Å². The van der Waals surface area contributed by atoms with Crippen molar-refractivity contribution >= 4 is 21.7 Å². The lowest BCUT2D eigenvalue weighted by Crippen LogP contribution is -2.46. The molecule has 1 aromatic rings. The van der Waals surface area contributed by atoms with Crippen molar-refractivity contribution < 1.29 is 0 Å². The van der Waals surface area contributed by atoms with Crippen LogP contribution < -0.4 is 10.6 Å². The molecular formula is C12H18BrN3. The van der Waals surface area contributed by atoms with Gasteiger partial charge < -0.3 is 10.6 Å². The molecule has 16 heavy (non-hydrogen) atoms. The zero-order valence-corrected chi connectivity index (χ0v) is 11.3. The second-order valence-electron chi connectivity index (χ2n) is 4.45. The molecule has 0 spiro atoms. The Morgan fingerprint density at radius 2 is 2.38 bits per heavy atom. The maximum Gasteiger partial charge on any atom is 0.126 e. The fourth-order valence-corrected chi connectivity index (χ4v) is 2.27. The van der Waals surface area contributed by atoms with Gasteiger partial charge in [0.2, 0.25) is 0 Å². The van der Waals surface area contributed by atoms with E-state index in [0.29, 0.717) is 12.1 Å². The second kappa shape index (κ2) is 5.15. The fourth-order valence-electron chi connectivity index (χ4n) is 2.05. The summed E-state index contributed by atoms with van der Waals surface area (Å²) in [5.74, 6) is 0.973. The Kier molecular flexibility index (Phi) is 3.82. The van der Waals surface area contributed by atoms with Crippen LogP contribution in [-0.2, 0) is 0 Å². The number of nitrogens with zero attached hydrogens (tertiary/aromatic N) is 1. The maximum atomic E-state index is 4.38. The molecule has 0 aromatic carbocycles. The van der Waals surface area contributed by atoms with Crippen molar-refractivity contribution in [3.63, 3.8) is 0 Å². The van der Waals surface area contributed by atoms with E-state index in [1.54, 1.807) is 0 Å². The van der Waals surface area contributed by atoms with Gasteiger partial charge in [0.25, 0.3) is 0 Å². The number of hydrogen-bond donors (Lipinski definition) is 2. The maximum absolute atomic E-state index is 4.38. The standard InChI is InChI=1S/C12H18BrN3/c1-8-6-12(15-7-10(8)13)16-11-4-3-5-14-9(11)2/h6-7,9,11,14H,3-5H2,1-2H3,(H,15,16). The van der Waals surface area contributed by atoms with E-state index in [0.717, 1.165) is 16.8 Å². The number of pyridine rings is 1.